The molecule has 1 fully saturated rings. The molecule has 0 radical (unpaired) electrons. The Morgan fingerprint density at radius 1 is 1.44 bits per heavy atom. The molecule has 1 N–H and O–H groups in total. The molecule has 0 bridgehead atoms. The first-order valence-electron chi connectivity index (χ1n) is 4.86. The Morgan fingerprint density at radius 3 is 2.69 bits per heavy atom. The van der Waals surface area contributed by atoms with Crippen molar-refractivity contribution in [1.29, 1.82) is 0 Å². The van der Waals surface area contributed by atoms with Crippen LogP contribution in [0.25, 0.3) is 0 Å². The van der Waals surface area contributed by atoms with E-state index in [1.165, 1.54) is 6.26 Å². The quantitative estimate of drug-likeness (QED) is 0.657. The number of rotatable bonds is 3. The molecule has 0 spiro atoms. The first-order chi connectivity index (χ1) is 7.25. The zero-order valence-corrected chi connectivity index (χ0v) is 9.44. The number of ether oxygens (including phenoxy) is 1. The van der Waals surface area contributed by atoms with Gasteiger partial charge in [0.05, 0.1) is 25.3 Å². The molecule has 1 aliphatic heterocycles. The topological polar surface area (TPSA) is 62.9 Å². The number of carbonyl (C=O) groups is 1. The lowest BCUT2D eigenvalue weighted by Gasteiger charge is -2.25. The summed E-state index contributed by atoms with van der Waals surface area (Å²) >= 11 is 0. The first kappa shape index (κ1) is 13.0. The number of hydrogen-bond donors (Lipinski definition) is 1. The molecule has 0 unspecified atom stereocenters. The summed E-state index contributed by atoms with van der Waals surface area (Å²) in [7, 11) is 0. The van der Waals surface area contributed by atoms with E-state index in [9.17, 15) is 4.79 Å². The molecule has 5 nitrogen and oxygen atoms in total. The second-order valence-electron chi connectivity index (χ2n) is 3.50. The van der Waals surface area contributed by atoms with Crippen LogP contribution in [0.2, 0.25) is 0 Å². The monoisotopic (exact) mass is 246 g/mol. The van der Waals surface area contributed by atoms with Gasteiger partial charge < -0.3 is 26.7 Å². The molecule has 16 heavy (non-hydrogen) atoms. The lowest BCUT2D eigenvalue weighted by Crippen LogP contribution is -3.00. The molecule has 6 heteroatoms. The Bertz CT molecular complexity index is 346. The van der Waals surface area contributed by atoms with E-state index in [-0.39, 0.29) is 18.0 Å². The molecular formula is C10H13ClNO4-. The largest absolute Gasteiger partial charge is 1.00 e. The van der Waals surface area contributed by atoms with Crippen molar-refractivity contribution >= 4 is 5.97 Å². The fourth-order valence-corrected chi connectivity index (χ4v) is 1.56. The fraction of sp³-hybridized carbons (Fsp3) is 0.500. The van der Waals surface area contributed by atoms with Crippen LogP contribution < -0.4 is 12.4 Å². The zero-order valence-electron chi connectivity index (χ0n) is 8.69. The molecule has 1 saturated heterocycles. The normalized spacial score (nSPS) is 16.8. The maximum atomic E-state index is 10.6. The number of aromatic carboxylic acids is 1. The van der Waals surface area contributed by atoms with Crippen LogP contribution in [0.3, 0.4) is 0 Å². The van der Waals surface area contributed by atoms with Gasteiger partial charge >= 0.3 is 5.97 Å². The summed E-state index contributed by atoms with van der Waals surface area (Å²) in [6.45, 7) is 3.84. The minimum absolute atomic E-state index is 0. The zero-order chi connectivity index (χ0) is 10.7. The average Bonchev–Trinajstić information content (AvgIpc) is 2.68. The molecule has 1 aliphatic rings. The summed E-state index contributed by atoms with van der Waals surface area (Å²) in [5.41, 5.74) is 0.207. The van der Waals surface area contributed by atoms with Crippen molar-refractivity contribution in [3.63, 3.8) is 0 Å². The summed E-state index contributed by atoms with van der Waals surface area (Å²) in [5, 5.41) is 8.71. The lowest BCUT2D eigenvalue weighted by atomic mass is 10.3. The highest BCUT2D eigenvalue weighted by molar-refractivity contribution is 5.87. The highest BCUT2D eigenvalue weighted by Gasteiger charge is 2.14. The highest BCUT2D eigenvalue weighted by Crippen LogP contribution is 2.11. The SMILES string of the molecule is O=C(O)c1coc(CN2CCOCC2)c1.[Cl-]. The second kappa shape index (κ2) is 5.89. The van der Waals surface area contributed by atoms with E-state index in [0.29, 0.717) is 12.3 Å². The Balaban J connectivity index is 0.00000128. The number of halogens is 1. The molecule has 2 rings (SSSR count). The summed E-state index contributed by atoms with van der Waals surface area (Å²) in [6.07, 6.45) is 1.28. The molecule has 0 saturated carbocycles. The predicted octanol–water partition coefficient (Wildman–Crippen LogP) is -2.19. The maximum absolute atomic E-state index is 10.6. The highest BCUT2D eigenvalue weighted by atomic mass is 35.5. The van der Waals surface area contributed by atoms with Gasteiger partial charge in [-0.15, -0.1) is 0 Å². The Morgan fingerprint density at radius 2 is 2.12 bits per heavy atom. The maximum Gasteiger partial charge on any atom is 0.338 e. The lowest BCUT2D eigenvalue weighted by molar-refractivity contribution is -0.0000221. The van der Waals surface area contributed by atoms with Crippen LogP contribution in [0.4, 0.5) is 0 Å². The van der Waals surface area contributed by atoms with E-state index >= 15 is 0 Å². The van der Waals surface area contributed by atoms with Gasteiger partial charge in [0.15, 0.2) is 0 Å². The molecule has 0 aliphatic carbocycles. The number of carboxylic acids is 1. The second-order valence-corrected chi connectivity index (χ2v) is 3.50. The minimum atomic E-state index is -0.952. The molecular weight excluding hydrogens is 234 g/mol. The van der Waals surface area contributed by atoms with Gasteiger partial charge in [0.25, 0.3) is 0 Å². The smallest absolute Gasteiger partial charge is 0.338 e. The molecule has 0 amide bonds. The fourth-order valence-electron chi connectivity index (χ4n) is 1.56. The van der Waals surface area contributed by atoms with Crippen molar-refractivity contribution in [3.05, 3.63) is 23.7 Å². The average molecular weight is 247 g/mol. The predicted molar refractivity (Wildman–Crippen MR) is 51.8 cm³/mol. The Kier molecular flexibility index (Phi) is 4.79. The van der Waals surface area contributed by atoms with Gasteiger partial charge in [0.1, 0.15) is 12.0 Å². The van der Waals surface area contributed by atoms with Crippen LogP contribution in [-0.2, 0) is 11.3 Å². The van der Waals surface area contributed by atoms with E-state index in [4.69, 9.17) is 14.3 Å². The van der Waals surface area contributed by atoms with Crippen LogP contribution in [0.5, 0.6) is 0 Å². The van der Waals surface area contributed by atoms with Crippen molar-refractivity contribution in [3.8, 4) is 0 Å². The summed E-state index contributed by atoms with van der Waals surface area (Å²) in [4.78, 5) is 12.8. The summed E-state index contributed by atoms with van der Waals surface area (Å²) in [6, 6.07) is 1.57. The number of hydrogen-bond acceptors (Lipinski definition) is 4. The van der Waals surface area contributed by atoms with E-state index in [2.05, 4.69) is 4.90 Å². The van der Waals surface area contributed by atoms with Crippen LogP contribution in [0.15, 0.2) is 16.7 Å². The third-order valence-electron chi connectivity index (χ3n) is 2.38. The number of furan rings is 1. The first-order valence-corrected chi connectivity index (χ1v) is 4.86. The Hall–Kier alpha value is -1.04. The van der Waals surface area contributed by atoms with E-state index < -0.39 is 5.97 Å². The third-order valence-corrected chi connectivity index (χ3v) is 2.38. The standard InChI is InChI=1S/C10H13NO4.ClH/c12-10(13)8-5-9(15-7-8)6-11-1-3-14-4-2-11;/h5,7H,1-4,6H2,(H,12,13);1H/p-1. The van der Waals surface area contributed by atoms with E-state index in [0.717, 1.165) is 26.3 Å². The van der Waals surface area contributed by atoms with Gasteiger partial charge in [-0.3, -0.25) is 4.90 Å². The molecule has 2 heterocycles. The van der Waals surface area contributed by atoms with Crippen molar-refractivity contribution in [2.45, 2.75) is 6.54 Å². The number of carboxylic acid groups (broad SMARTS) is 1. The van der Waals surface area contributed by atoms with Gasteiger partial charge in [0, 0.05) is 13.1 Å². The van der Waals surface area contributed by atoms with Crippen LogP contribution in [0.1, 0.15) is 16.1 Å². The van der Waals surface area contributed by atoms with Gasteiger partial charge in [-0.2, -0.15) is 0 Å². The van der Waals surface area contributed by atoms with Gasteiger partial charge in [-0.1, -0.05) is 0 Å². The van der Waals surface area contributed by atoms with Crippen molar-refractivity contribution in [2.24, 2.45) is 0 Å². The molecule has 0 aromatic carbocycles. The number of nitrogens with zero attached hydrogens (tertiary/aromatic N) is 1. The summed E-state index contributed by atoms with van der Waals surface area (Å²) in [5.74, 6) is -0.263. The molecule has 0 atom stereocenters. The molecule has 1 aromatic rings. The third kappa shape index (κ3) is 3.23. The van der Waals surface area contributed by atoms with Crippen molar-refractivity contribution in [1.82, 2.24) is 4.90 Å². The molecule has 1 aromatic heterocycles. The summed E-state index contributed by atoms with van der Waals surface area (Å²) < 4.78 is 10.4. The van der Waals surface area contributed by atoms with Crippen LogP contribution in [0, 0.1) is 0 Å². The Labute approximate surface area is 99.4 Å². The van der Waals surface area contributed by atoms with Crippen LogP contribution >= 0.6 is 0 Å². The van der Waals surface area contributed by atoms with Gasteiger partial charge in [0.2, 0.25) is 0 Å². The minimum Gasteiger partial charge on any atom is -1.00 e. The van der Waals surface area contributed by atoms with Crippen LogP contribution in [-0.4, -0.2) is 42.3 Å². The molecule has 90 valence electrons. The van der Waals surface area contributed by atoms with Gasteiger partial charge in [-0.25, -0.2) is 4.79 Å². The van der Waals surface area contributed by atoms with E-state index in [1.54, 1.807) is 6.07 Å². The van der Waals surface area contributed by atoms with Gasteiger partial charge in [-0.05, 0) is 6.07 Å². The van der Waals surface area contributed by atoms with Crippen molar-refractivity contribution < 1.29 is 31.5 Å². The van der Waals surface area contributed by atoms with E-state index in [1.807, 2.05) is 0 Å². The number of morpholine rings is 1. The van der Waals surface area contributed by atoms with Crippen molar-refractivity contribution in [2.75, 3.05) is 26.3 Å².